The fourth-order valence-corrected chi connectivity index (χ4v) is 3.70. The van der Waals surface area contributed by atoms with E-state index in [0.29, 0.717) is 23.2 Å². The van der Waals surface area contributed by atoms with Crippen LogP contribution in [0.15, 0.2) is 35.6 Å². The molecule has 0 radical (unpaired) electrons. The number of alkyl halides is 2. The minimum Gasteiger partial charge on any atom is -0.294 e. The van der Waals surface area contributed by atoms with Crippen LogP contribution in [0.3, 0.4) is 0 Å². The van der Waals surface area contributed by atoms with Gasteiger partial charge in [0.1, 0.15) is 16.7 Å². The summed E-state index contributed by atoms with van der Waals surface area (Å²) in [6.45, 7) is 2.19. The zero-order valence-electron chi connectivity index (χ0n) is 14.0. The standard InChI is InChI=1S/C17H13F4N5S/c1-8-23-24-14(27-8)7-26-13-5-10(6-22-15(13)17(21)25-26)9-2-3-12(18)11(4-9)16(19)20/h2-6,14,16,24H,7H2,1H3. The highest BCUT2D eigenvalue weighted by atomic mass is 32.2. The molecule has 1 N–H and O–H groups in total. The lowest BCUT2D eigenvalue weighted by Gasteiger charge is -2.10. The van der Waals surface area contributed by atoms with Gasteiger partial charge in [0, 0.05) is 11.8 Å². The first kappa shape index (κ1) is 17.8. The number of aromatic nitrogens is 3. The lowest BCUT2D eigenvalue weighted by atomic mass is 10.0. The number of pyridine rings is 1. The number of nitrogens with one attached hydrogen (secondary N) is 1. The number of rotatable bonds is 4. The molecule has 0 spiro atoms. The van der Waals surface area contributed by atoms with E-state index < -0.39 is 23.8 Å². The molecule has 3 aromatic rings. The van der Waals surface area contributed by atoms with Crippen molar-refractivity contribution in [2.45, 2.75) is 25.3 Å². The SMILES string of the molecule is CC1=NNC(Cn2nc(F)c3ncc(-c4ccc(F)c(C(F)F)c4)cc32)S1. The maximum absolute atomic E-state index is 14.1. The molecule has 1 aliphatic rings. The van der Waals surface area contributed by atoms with E-state index in [4.69, 9.17) is 0 Å². The highest BCUT2D eigenvalue weighted by molar-refractivity contribution is 8.14. The number of hydrogen-bond acceptors (Lipinski definition) is 5. The fourth-order valence-electron chi connectivity index (χ4n) is 2.86. The van der Waals surface area contributed by atoms with Crippen LogP contribution in [-0.4, -0.2) is 25.2 Å². The number of thioether (sulfide) groups is 1. The van der Waals surface area contributed by atoms with Crippen molar-refractivity contribution in [3.05, 3.63) is 47.8 Å². The number of benzene rings is 1. The number of fused-ring (bicyclic) bond motifs is 1. The van der Waals surface area contributed by atoms with Crippen LogP contribution in [0.4, 0.5) is 17.6 Å². The molecule has 0 aliphatic carbocycles. The minimum absolute atomic E-state index is 0.0792. The lowest BCUT2D eigenvalue weighted by molar-refractivity contribution is 0.146. The van der Waals surface area contributed by atoms with Crippen LogP contribution < -0.4 is 5.43 Å². The van der Waals surface area contributed by atoms with E-state index in [-0.39, 0.29) is 10.9 Å². The summed E-state index contributed by atoms with van der Waals surface area (Å²) in [5.74, 6) is -1.69. The molecule has 3 heterocycles. The molecule has 10 heteroatoms. The molecule has 27 heavy (non-hydrogen) atoms. The average molecular weight is 395 g/mol. The van der Waals surface area contributed by atoms with Crippen molar-refractivity contribution in [1.29, 1.82) is 0 Å². The lowest BCUT2D eigenvalue weighted by Crippen LogP contribution is -2.23. The first-order valence-corrected chi connectivity index (χ1v) is 8.87. The van der Waals surface area contributed by atoms with Crippen LogP contribution in [-0.2, 0) is 6.54 Å². The molecule has 0 saturated heterocycles. The van der Waals surface area contributed by atoms with Crippen molar-refractivity contribution in [3.63, 3.8) is 0 Å². The Labute approximate surface area is 155 Å². The van der Waals surface area contributed by atoms with Gasteiger partial charge in [-0.25, -0.2) is 18.2 Å². The van der Waals surface area contributed by atoms with E-state index >= 15 is 0 Å². The summed E-state index contributed by atoms with van der Waals surface area (Å²) in [4.78, 5) is 4.07. The molecule has 0 fully saturated rings. The number of hydrazone groups is 1. The van der Waals surface area contributed by atoms with Crippen molar-refractivity contribution in [2.75, 3.05) is 0 Å². The van der Waals surface area contributed by atoms with Crippen molar-refractivity contribution in [3.8, 4) is 11.1 Å². The van der Waals surface area contributed by atoms with Gasteiger partial charge in [-0.05, 0) is 30.7 Å². The third kappa shape index (κ3) is 3.36. The molecular formula is C17H13F4N5S. The molecule has 2 aromatic heterocycles. The molecule has 0 saturated carbocycles. The van der Waals surface area contributed by atoms with Gasteiger partial charge in [0.05, 0.1) is 22.7 Å². The smallest absolute Gasteiger partial charge is 0.266 e. The van der Waals surface area contributed by atoms with Gasteiger partial charge in [0.2, 0.25) is 0 Å². The van der Waals surface area contributed by atoms with Crippen molar-refractivity contribution in [2.24, 2.45) is 5.10 Å². The first-order valence-electron chi connectivity index (χ1n) is 7.99. The van der Waals surface area contributed by atoms with E-state index in [2.05, 4.69) is 20.6 Å². The van der Waals surface area contributed by atoms with Crippen LogP contribution >= 0.6 is 11.8 Å². The monoisotopic (exact) mass is 395 g/mol. The second kappa shape index (κ2) is 6.84. The largest absolute Gasteiger partial charge is 0.294 e. The van der Waals surface area contributed by atoms with E-state index in [0.717, 1.165) is 17.2 Å². The normalized spacial score (nSPS) is 16.8. The van der Waals surface area contributed by atoms with Crippen LogP contribution in [0.1, 0.15) is 18.9 Å². The van der Waals surface area contributed by atoms with Gasteiger partial charge >= 0.3 is 0 Å². The third-order valence-corrected chi connectivity index (χ3v) is 5.10. The van der Waals surface area contributed by atoms with Crippen molar-refractivity contribution in [1.82, 2.24) is 20.2 Å². The van der Waals surface area contributed by atoms with E-state index in [1.165, 1.54) is 28.7 Å². The molecule has 1 unspecified atom stereocenters. The molecule has 1 aliphatic heterocycles. The summed E-state index contributed by atoms with van der Waals surface area (Å²) in [6.07, 6.45) is -1.58. The van der Waals surface area contributed by atoms with Crippen LogP contribution in [0.25, 0.3) is 22.2 Å². The Bertz CT molecular complexity index is 1050. The Kier molecular flexibility index (Phi) is 4.50. The second-order valence-corrected chi connectivity index (χ2v) is 7.36. The summed E-state index contributed by atoms with van der Waals surface area (Å²) in [5, 5.41) is 8.71. The van der Waals surface area contributed by atoms with Gasteiger partial charge in [-0.2, -0.15) is 9.49 Å². The highest BCUT2D eigenvalue weighted by Crippen LogP contribution is 2.30. The Balaban J connectivity index is 1.73. The van der Waals surface area contributed by atoms with Gasteiger partial charge < -0.3 is 0 Å². The predicted molar refractivity (Wildman–Crippen MR) is 95.5 cm³/mol. The maximum atomic E-state index is 14.1. The van der Waals surface area contributed by atoms with Gasteiger partial charge in [0.25, 0.3) is 12.4 Å². The summed E-state index contributed by atoms with van der Waals surface area (Å²) in [6, 6.07) is 5.05. The highest BCUT2D eigenvalue weighted by Gasteiger charge is 2.21. The van der Waals surface area contributed by atoms with E-state index in [1.807, 2.05) is 6.92 Å². The molecule has 140 valence electrons. The molecule has 0 bridgehead atoms. The minimum atomic E-state index is -2.93. The predicted octanol–water partition coefficient (Wildman–Crippen LogP) is 4.31. The van der Waals surface area contributed by atoms with Crippen LogP contribution in [0.5, 0.6) is 0 Å². The van der Waals surface area contributed by atoms with Crippen molar-refractivity contribution >= 4 is 27.8 Å². The summed E-state index contributed by atoms with van der Waals surface area (Å²) in [7, 11) is 0. The average Bonchev–Trinajstić information content (AvgIpc) is 3.18. The topological polar surface area (TPSA) is 55.1 Å². The first-order chi connectivity index (χ1) is 12.9. The summed E-state index contributed by atoms with van der Waals surface area (Å²) in [5.41, 5.74) is 3.56. The fraction of sp³-hybridized carbons (Fsp3) is 0.235. The number of hydrogen-bond donors (Lipinski definition) is 1. The number of halogens is 4. The van der Waals surface area contributed by atoms with E-state index in [9.17, 15) is 17.6 Å². The number of nitrogens with zero attached hydrogens (tertiary/aromatic N) is 4. The van der Waals surface area contributed by atoms with Crippen LogP contribution in [0, 0.1) is 11.8 Å². The van der Waals surface area contributed by atoms with Gasteiger partial charge in [-0.3, -0.25) is 10.1 Å². The molecule has 5 nitrogen and oxygen atoms in total. The molecule has 1 aromatic carbocycles. The van der Waals surface area contributed by atoms with Crippen LogP contribution in [0.2, 0.25) is 0 Å². The van der Waals surface area contributed by atoms with Crippen molar-refractivity contribution < 1.29 is 17.6 Å². The zero-order valence-corrected chi connectivity index (χ0v) is 14.8. The molecular weight excluding hydrogens is 382 g/mol. The second-order valence-electron chi connectivity index (χ2n) is 5.97. The molecule has 1 atom stereocenters. The maximum Gasteiger partial charge on any atom is 0.266 e. The van der Waals surface area contributed by atoms with Gasteiger partial charge in [0.15, 0.2) is 0 Å². The summed E-state index contributed by atoms with van der Waals surface area (Å²) >= 11 is 1.50. The zero-order chi connectivity index (χ0) is 19.1. The summed E-state index contributed by atoms with van der Waals surface area (Å²) < 4.78 is 55.0. The Hall–Kier alpha value is -2.62. The molecule has 0 amide bonds. The third-order valence-electron chi connectivity index (χ3n) is 4.13. The quantitative estimate of drug-likeness (QED) is 0.669. The molecule has 4 rings (SSSR count). The Morgan fingerprint density at radius 3 is 2.74 bits per heavy atom. The van der Waals surface area contributed by atoms with Gasteiger partial charge in [-0.1, -0.05) is 17.8 Å². The Morgan fingerprint density at radius 2 is 2.04 bits per heavy atom. The Morgan fingerprint density at radius 1 is 1.22 bits per heavy atom. The van der Waals surface area contributed by atoms with E-state index in [1.54, 1.807) is 6.07 Å². The van der Waals surface area contributed by atoms with Gasteiger partial charge in [-0.15, -0.1) is 5.10 Å².